The van der Waals surface area contributed by atoms with Gasteiger partial charge in [-0.2, -0.15) is 5.26 Å². The zero-order valence-corrected chi connectivity index (χ0v) is 14.5. The minimum Gasteiger partial charge on any atom is -0.507 e. The molecule has 2 aromatic carbocycles. The number of rotatable bonds is 2. The van der Waals surface area contributed by atoms with E-state index in [0.29, 0.717) is 16.8 Å². The van der Waals surface area contributed by atoms with Gasteiger partial charge in [0.1, 0.15) is 22.5 Å². The van der Waals surface area contributed by atoms with Crippen LogP contribution in [0.25, 0.3) is 27.8 Å². The molecule has 0 spiro atoms. The Morgan fingerprint density at radius 1 is 1.07 bits per heavy atom. The lowest BCUT2D eigenvalue weighted by Gasteiger charge is -2.10. The summed E-state index contributed by atoms with van der Waals surface area (Å²) in [5, 5.41) is 29.8. The largest absolute Gasteiger partial charge is 0.507 e. The maximum absolute atomic E-state index is 11.9. The van der Waals surface area contributed by atoms with Crippen molar-refractivity contribution in [3.05, 3.63) is 75.7 Å². The van der Waals surface area contributed by atoms with Gasteiger partial charge in [-0.1, -0.05) is 41.9 Å². The van der Waals surface area contributed by atoms with Gasteiger partial charge in [0, 0.05) is 11.3 Å². The molecule has 0 atom stereocenters. The SMILES string of the molecule is N#Cc1c(O)c2c(cc(Cl)n2-c2ccc(-c3ccccc3O)cc2)[nH]c1=O. The van der Waals surface area contributed by atoms with E-state index in [2.05, 4.69) is 4.98 Å². The maximum atomic E-state index is 11.9. The summed E-state index contributed by atoms with van der Waals surface area (Å²) in [7, 11) is 0. The molecule has 4 rings (SSSR count). The van der Waals surface area contributed by atoms with Crippen LogP contribution < -0.4 is 5.56 Å². The number of fused-ring (bicyclic) bond motifs is 1. The lowest BCUT2D eigenvalue weighted by Crippen LogP contribution is -2.10. The van der Waals surface area contributed by atoms with Crippen LogP contribution in [0.4, 0.5) is 0 Å². The number of aromatic hydroxyl groups is 2. The standard InChI is InChI=1S/C20H12ClN3O3/c21-17-9-15-18(19(26)14(10-22)20(27)23-15)24(17)12-7-5-11(6-8-12)13-3-1-2-4-16(13)25/h1-9,25H,(H2,23,26,27). The second kappa shape index (κ2) is 6.24. The number of nitriles is 1. The van der Waals surface area contributed by atoms with Crippen LogP contribution in [0.2, 0.25) is 5.15 Å². The van der Waals surface area contributed by atoms with Gasteiger partial charge < -0.3 is 15.2 Å². The van der Waals surface area contributed by atoms with Crippen molar-refractivity contribution < 1.29 is 10.2 Å². The quantitative estimate of drug-likeness (QED) is 0.492. The highest BCUT2D eigenvalue weighted by molar-refractivity contribution is 6.31. The van der Waals surface area contributed by atoms with E-state index in [-0.39, 0.29) is 22.0 Å². The molecule has 0 radical (unpaired) electrons. The number of para-hydroxylation sites is 1. The van der Waals surface area contributed by atoms with Crippen LogP contribution in [0.15, 0.2) is 59.4 Å². The number of halogens is 1. The second-order valence-corrected chi connectivity index (χ2v) is 6.31. The smallest absolute Gasteiger partial charge is 0.270 e. The number of nitrogens with zero attached hydrogens (tertiary/aromatic N) is 2. The number of nitrogens with one attached hydrogen (secondary N) is 1. The summed E-state index contributed by atoms with van der Waals surface area (Å²) in [5.74, 6) is -0.253. The first-order valence-electron chi connectivity index (χ1n) is 7.96. The van der Waals surface area contributed by atoms with E-state index >= 15 is 0 Å². The number of H-pyrrole nitrogens is 1. The molecule has 4 aromatic rings. The van der Waals surface area contributed by atoms with Crippen molar-refractivity contribution in [1.82, 2.24) is 9.55 Å². The Kier molecular flexibility index (Phi) is 3.87. The van der Waals surface area contributed by atoms with Crippen molar-refractivity contribution in [2.45, 2.75) is 0 Å². The Balaban J connectivity index is 1.91. The second-order valence-electron chi connectivity index (χ2n) is 5.92. The van der Waals surface area contributed by atoms with E-state index < -0.39 is 11.3 Å². The molecule has 0 amide bonds. The predicted octanol–water partition coefficient (Wildman–Crippen LogP) is 3.92. The molecule has 0 aliphatic heterocycles. The molecular formula is C20H12ClN3O3. The fourth-order valence-electron chi connectivity index (χ4n) is 3.08. The molecule has 0 unspecified atom stereocenters. The predicted molar refractivity (Wildman–Crippen MR) is 102 cm³/mol. The molecule has 132 valence electrons. The van der Waals surface area contributed by atoms with Crippen LogP contribution in [0.3, 0.4) is 0 Å². The normalized spacial score (nSPS) is 10.8. The van der Waals surface area contributed by atoms with Crippen LogP contribution in [0.1, 0.15) is 5.56 Å². The fraction of sp³-hybridized carbons (Fsp3) is 0. The van der Waals surface area contributed by atoms with Crippen LogP contribution in [-0.4, -0.2) is 19.8 Å². The summed E-state index contributed by atoms with van der Waals surface area (Å²) < 4.78 is 1.54. The zero-order chi connectivity index (χ0) is 19.1. The summed E-state index contributed by atoms with van der Waals surface area (Å²) >= 11 is 6.31. The Labute approximate surface area is 158 Å². The number of pyridine rings is 1. The average molecular weight is 378 g/mol. The number of hydrogen-bond acceptors (Lipinski definition) is 4. The first-order valence-corrected chi connectivity index (χ1v) is 8.34. The molecule has 2 heterocycles. The molecule has 6 nitrogen and oxygen atoms in total. The first kappa shape index (κ1) is 16.8. The van der Waals surface area contributed by atoms with Gasteiger partial charge in [0.15, 0.2) is 11.3 Å². The van der Waals surface area contributed by atoms with Gasteiger partial charge in [-0.25, -0.2) is 0 Å². The molecule has 0 saturated heterocycles. The lowest BCUT2D eigenvalue weighted by molar-refractivity contribution is 0.476. The van der Waals surface area contributed by atoms with E-state index in [9.17, 15) is 15.0 Å². The Morgan fingerprint density at radius 3 is 2.44 bits per heavy atom. The Morgan fingerprint density at radius 2 is 1.78 bits per heavy atom. The van der Waals surface area contributed by atoms with Crippen molar-refractivity contribution >= 4 is 22.6 Å². The molecule has 3 N–H and O–H groups in total. The molecule has 0 saturated carbocycles. The topological polar surface area (TPSA) is 102 Å². The van der Waals surface area contributed by atoms with Crippen molar-refractivity contribution in [3.8, 4) is 34.4 Å². The highest BCUT2D eigenvalue weighted by atomic mass is 35.5. The van der Waals surface area contributed by atoms with Crippen molar-refractivity contribution in [1.29, 1.82) is 5.26 Å². The molecule has 0 aliphatic carbocycles. The Hall–Kier alpha value is -3.69. The van der Waals surface area contributed by atoms with Gasteiger partial charge in [0.05, 0.1) is 5.52 Å². The molecule has 27 heavy (non-hydrogen) atoms. The highest BCUT2D eigenvalue weighted by Gasteiger charge is 2.19. The number of benzene rings is 2. The van der Waals surface area contributed by atoms with E-state index in [4.69, 9.17) is 16.9 Å². The van der Waals surface area contributed by atoms with Crippen LogP contribution >= 0.6 is 11.6 Å². The first-order chi connectivity index (χ1) is 13.0. The monoisotopic (exact) mass is 377 g/mol. The molecule has 0 aliphatic rings. The zero-order valence-electron chi connectivity index (χ0n) is 13.8. The summed E-state index contributed by atoms with van der Waals surface area (Å²) in [6.45, 7) is 0. The number of phenols is 1. The number of hydrogen-bond donors (Lipinski definition) is 3. The summed E-state index contributed by atoms with van der Waals surface area (Å²) in [5.41, 5.74) is 1.64. The van der Waals surface area contributed by atoms with Gasteiger partial charge in [-0.15, -0.1) is 0 Å². The highest BCUT2D eigenvalue weighted by Crippen LogP contribution is 2.34. The van der Waals surface area contributed by atoms with E-state index in [1.54, 1.807) is 48.5 Å². The van der Waals surface area contributed by atoms with Gasteiger partial charge in [-0.3, -0.25) is 9.36 Å². The summed E-state index contributed by atoms with van der Waals surface area (Å²) in [4.78, 5) is 14.4. The van der Waals surface area contributed by atoms with E-state index in [0.717, 1.165) is 5.56 Å². The van der Waals surface area contributed by atoms with Gasteiger partial charge in [0.25, 0.3) is 5.56 Å². The van der Waals surface area contributed by atoms with E-state index in [1.165, 1.54) is 10.6 Å². The summed E-state index contributed by atoms with van der Waals surface area (Å²) in [6.07, 6.45) is 0. The van der Waals surface area contributed by atoms with Crippen molar-refractivity contribution in [2.75, 3.05) is 0 Å². The van der Waals surface area contributed by atoms with Crippen LogP contribution in [0, 0.1) is 11.3 Å². The molecule has 0 bridgehead atoms. The van der Waals surface area contributed by atoms with Gasteiger partial charge in [0.2, 0.25) is 0 Å². The van der Waals surface area contributed by atoms with Gasteiger partial charge in [-0.05, 0) is 29.8 Å². The van der Waals surface area contributed by atoms with Crippen molar-refractivity contribution in [2.24, 2.45) is 0 Å². The average Bonchev–Trinajstić information content (AvgIpc) is 2.98. The summed E-state index contributed by atoms with van der Waals surface area (Å²) in [6, 6.07) is 17.3. The number of phenolic OH excluding ortho intramolecular Hbond substituents is 1. The minimum absolute atomic E-state index is 0.170. The third-order valence-electron chi connectivity index (χ3n) is 4.34. The van der Waals surface area contributed by atoms with E-state index in [1.807, 2.05) is 6.07 Å². The Bertz CT molecular complexity index is 1280. The third-order valence-corrected chi connectivity index (χ3v) is 4.62. The van der Waals surface area contributed by atoms with Crippen LogP contribution in [0.5, 0.6) is 11.5 Å². The third kappa shape index (κ3) is 2.62. The maximum Gasteiger partial charge on any atom is 0.270 e. The molecular weight excluding hydrogens is 366 g/mol. The van der Waals surface area contributed by atoms with Gasteiger partial charge >= 0.3 is 0 Å². The lowest BCUT2D eigenvalue weighted by atomic mass is 10.0. The fourth-order valence-corrected chi connectivity index (χ4v) is 3.37. The number of aromatic nitrogens is 2. The minimum atomic E-state index is -0.675. The molecule has 2 aromatic heterocycles. The van der Waals surface area contributed by atoms with Crippen molar-refractivity contribution in [3.63, 3.8) is 0 Å². The molecule has 7 heteroatoms. The molecule has 0 fully saturated rings. The van der Waals surface area contributed by atoms with Crippen LogP contribution in [-0.2, 0) is 0 Å². The number of aromatic amines is 1.